The highest BCUT2D eigenvalue weighted by molar-refractivity contribution is 8.01. The number of carbonyl (C=O) groups excluding carboxylic acids is 1. The number of thioether (sulfide) groups is 1. The number of hydrogen-bond acceptors (Lipinski definition) is 3. The summed E-state index contributed by atoms with van der Waals surface area (Å²) in [5, 5.41) is 3.44. The Kier molecular flexibility index (Phi) is 3.45. The molecule has 0 unspecified atom stereocenters. The van der Waals surface area contributed by atoms with Crippen molar-refractivity contribution in [3.8, 4) is 0 Å². The first-order valence-electron chi connectivity index (χ1n) is 3.59. The van der Waals surface area contributed by atoms with Gasteiger partial charge in [0.05, 0.1) is 0 Å². The number of amides is 1. The molecule has 0 saturated carbocycles. The van der Waals surface area contributed by atoms with E-state index in [0.29, 0.717) is 0 Å². The predicted molar refractivity (Wildman–Crippen MR) is 47.0 cm³/mol. The maximum absolute atomic E-state index is 11.2. The van der Waals surface area contributed by atoms with Crippen LogP contribution in [0, 0.1) is 0 Å². The normalized spacial score (nSPS) is 18.1. The maximum atomic E-state index is 11.2. The van der Waals surface area contributed by atoms with Gasteiger partial charge < -0.3 is 0 Å². The van der Waals surface area contributed by atoms with Crippen molar-refractivity contribution in [3.05, 3.63) is 11.5 Å². The molecule has 0 aromatic rings. The van der Waals surface area contributed by atoms with Crippen LogP contribution in [0.3, 0.4) is 0 Å². The molecule has 1 N–H and O–H groups in total. The van der Waals surface area contributed by atoms with Gasteiger partial charge in [0.2, 0.25) is 0 Å². The molecule has 0 aromatic carbocycles. The molecule has 4 heteroatoms. The van der Waals surface area contributed by atoms with Crippen LogP contribution in [0.5, 0.6) is 0 Å². The van der Waals surface area contributed by atoms with Crippen LogP contribution >= 0.6 is 11.8 Å². The molecule has 0 bridgehead atoms. The van der Waals surface area contributed by atoms with E-state index in [2.05, 4.69) is 5.43 Å². The lowest BCUT2D eigenvalue weighted by atomic mass is 10.4. The zero-order chi connectivity index (χ0) is 8.10. The Morgan fingerprint density at radius 1 is 1.73 bits per heavy atom. The molecule has 1 aliphatic heterocycles. The van der Waals surface area contributed by atoms with Crippen LogP contribution in [0.15, 0.2) is 11.5 Å². The molecule has 0 atom stereocenters. The van der Waals surface area contributed by atoms with E-state index in [1.165, 1.54) is 11.8 Å². The Balaban J connectivity index is 2.34. The summed E-state index contributed by atoms with van der Waals surface area (Å²) in [6.07, 6.45) is 4.57. The Morgan fingerprint density at radius 2 is 2.55 bits per heavy atom. The van der Waals surface area contributed by atoms with Crippen molar-refractivity contribution in [3.63, 3.8) is 0 Å². The van der Waals surface area contributed by atoms with E-state index in [4.69, 9.17) is 0 Å². The molecular weight excluding hydrogens is 160 g/mol. The predicted octanol–water partition coefficient (Wildman–Crippen LogP) is 0.600. The van der Waals surface area contributed by atoms with E-state index in [9.17, 15) is 4.79 Å². The van der Waals surface area contributed by atoms with E-state index in [-0.39, 0.29) is 5.91 Å². The van der Waals surface area contributed by atoms with Gasteiger partial charge in [-0.1, -0.05) is 0 Å². The van der Waals surface area contributed by atoms with E-state index in [1.807, 2.05) is 6.26 Å². The third-order valence-corrected chi connectivity index (χ3v) is 1.88. The van der Waals surface area contributed by atoms with Crippen molar-refractivity contribution in [2.24, 2.45) is 0 Å². The van der Waals surface area contributed by atoms with Gasteiger partial charge in [0.25, 0.3) is 5.91 Å². The van der Waals surface area contributed by atoms with Gasteiger partial charge in [-0.3, -0.25) is 9.80 Å². The molecule has 1 amide bonds. The van der Waals surface area contributed by atoms with E-state index < -0.39 is 0 Å². The van der Waals surface area contributed by atoms with Gasteiger partial charge in [-0.05, 0) is 18.1 Å². The summed E-state index contributed by atoms with van der Waals surface area (Å²) >= 11 is 1.53. The Bertz CT molecular complexity index is 164. The van der Waals surface area contributed by atoms with Crippen LogP contribution in [0.25, 0.3) is 0 Å². The number of nitrogens with zero attached hydrogens (tertiary/aromatic N) is 1. The summed E-state index contributed by atoms with van der Waals surface area (Å²) in [7, 11) is 0. The van der Waals surface area contributed by atoms with Gasteiger partial charge >= 0.3 is 0 Å². The van der Waals surface area contributed by atoms with Gasteiger partial charge in [0, 0.05) is 19.2 Å². The SMILES string of the molecule is CS/C=C/C(=O)N1CCCN1. The molecule has 62 valence electrons. The van der Waals surface area contributed by atoms with Crippen LogP contribution in [-0.2, 0) is 4.79 Å². The summed E-state index contributed by atoms with van der Waals surface area (Å²) in [5.41, 5.74) is 2.99. The highest BCUT2D eigenvalue weighted by atomic mass is 32.2. The molecule has 1 saturated heterocycles. The van der Waals surface area contributed by atoms with Crippen LogP contribution in [-0.4, -0.2) is 30.3 Å². The van der Waals surface area contributed by atoms with E-state index in [1.54, 1.807) is 16.5 Å². The van der Waals surface area contributed by atoms with E-state index in [0.717, 1.165) is 19.5 Å². The zero-order valence-corrected chi connectivity index (χ0v) is 7.36. The van der Waals surface area contributed by atoms with Gasteiger partial charge in [0.15, 0.2) is 0 Å². The maximum Gasteiger partial charge on any atom is 0.261 e. The van der Waals surface area contributed by atoms with Crippen molar-refractivity contribution in [1.82, 2.24) is 10.4 Å². The highest BCUT2D eigenvalue weighted by Gasteiger charge is 2.13. The average Bonchev–Trinajstić information content (AvgIpc) is 2.52. The second-order valence-electron chi connectivity index (χ2n) is 2.29. The van der Waals surface area contributed by atoms with Crippen molar-refractivity contribution < 1.29 is 4.79 Å². The molecule has 0 spiro atoms. The molecule has 1 heterocycles. The fraction of sp³-hybridized carbons (Fsp3) is 0.571. The highest BCUT2D eigenvalue weighted by Crippen LogP contribution is 1.99. The summed E-state index contributed by atoms with van der Waals surface area (Å²) in [5.74, 6) is 0.0526. The van der Waals surface area contributed by atoms with Crippen LogP contribution in [0.2, 0.25) is 0 Å². The summed E-state index contributed by atoms with van der Waals surface area (Å²) in [6, 6.07) is 0. The van der Waals surface area contributed by atoms with Crippen LogP contribution in [0.1, 0.15) is 6.42 Å². The monoisotopic (exact) mass is 172 g/mol. The Morgan fingerprint density at radius 3 is 3.09 bits per heavy atom. The molecule has 1 fully saturated rings. The standard InChI is InChI=1S/C7H12N2OS/c1-11-6-3-7(10)9-5-2-4-8-9/h3,6,8H,2,4-5H2,1H3/b6-3+. The molecule has 0 aliphatic carbocycles. The molecule has 0 radical (unpaired) electrons. The molecular formula is C7H12N2OS. The third kappa shape index (κ3) is 2.55. The number of nitrogens with one attached hydrogen (secondary N) is 1. The smallest absolute Gasteiger partial charge is 0.261 e. The van der Waals surface area contributed by atoms with Crippen molar-refractivity contribution in [2.45, 2.75) is 6.42 Å². The quantitative estimate of drug-likeness (QED) is 0.619. The third-order valence-electron chi connectivity index (χ3n) is 1.47. The van der Waals surface area contributed by atoms with E-state index >= 15 is 0 Å². The summed E-state index contributed by atoms with van der Waals surface area (Å²) < 4.78 is 0. The lowest BCUT2D eigenvalue weighted by molar-refractivity contribution is -0.127. The minimum Gasteiger partial charge on any atom is -0.274 e. The Hall–Kier alpha value is -0.480. The van der Waals surface area contributed by atoms with Gasteiger partial charge in [-0.25, -0.2) is 5.43 Å². The summed E-state index contributed by atoms with van der Waals surface area (Å²) in [6.45, 7) is 1.75. The first-order chi connectivity index (χ1) is 5.34. The average molecular weight is 172 g/mol. The minimum atomic E-state index is 0.0526. The number of hydrazine groups is 1. The van der Waals surface area contributed by atoms with Crippen molar-refractivity contribution in [1.29, 1.82) is 0 Å². The number of rotatable bonds is 2. The zero-order valence-electron chi connectivity index (χ0n) is 6.54. The molecule has 1 aliphatic rings. The first-order valence-corrected chi connectivity index (χ1v) is 4.87. The van der Waals surface area contributed by atoms with Crippen LogP contribution in [0.4, 0.5) is 0 Å². The molecule has 11 heavy (non-hydrogen) atoms. The topological polar surface area (TPSA) is 32.3 Å². The fourth-order valence-corrected chi connectivity index (χ4v) is 1.19. The van der Waals surface area contributed by atoms with Gasteiger partial charge in [-0.15, -0.1) is 11.8 Å². The van der Waals surface area contributed by atoms with Gasteiger partial charge in [-0.2, -0.15) is 0 Å². The Labute approximate surface area is 70.8 Å². The lowest BCUT2D eigenvalue weighted by Gasteiger charge is -2.11. The molecule has 0 aromatic heterocycles. The number of hydrogen-bond donors (Lipinski definition) is 1. The second-order valence-corrected chi connectivity index (χ2v) is 3.03. The molecule has 3 nitrogen and oxygen atoms in total. The minimum absolute atomic E-state index is 0.0526. The van der Waals surface area contributed by atoms with Crippen molar-refractivity contribution in [2.75, 3.05) is 19.3 Å². The van der Waals surface area contributed by atoms with Crippen LogP contribution < -0.4 is 5.43 Å². The lowest BCUT2D eigenvalue weighted by Crippen LogP contribution is -2.35. The van der Waals surface area contributed by atoms with Gasteiger partial charge in [0.1, 0.15) is 0 Å². The first kappa shape index (κ1) is 8.62. The second kappa shape index (κ2) is 4.41. The summed E-state index contributed by atoms with van der Waals surface area (Å²) in [4.78, 5) is 11.2. The molecule has 1 rings (SSSR count). The van der Waals surface area contributed by atoms with Crippen molar-refractivity contribution >= 4 is 17.7 Å². The number of carbonyl (C=O) groups is 1. The largest absolute Gasteiger partial charge is 0.274 e. The fourth-order valence-electron chi connectivity index (χ4n) is 0.935.